The second-order valence-corrected chi connectivity index (χ2v) is 7.74. The second kappa shape index (κ2) is 8.49. The van der Waals surface area contributed by atoms with Gasteiger partial charge < -0.3 is 10.6 Å². The summed E-state index contributed by atoms with van der Waals surface area (Å²) < 4.78 is 1.58. The summed E-state index contributed by atoms with van der Waals surface area (Å²) in [7, 11) is 0. The van der Waals surface area contributed by atoms with Crippen LogP contribution in [0.2, 0.25) is 0 Å². The highest BCUT2D eigenvalue weighted by Crippen LogP contribution is 2.26. The third-order valence-electron chi connectivity index (χ3n) is 5.61. The number of rotatable bonds is 6. The molecular weight excluding hydrogens is 378 g/mol. The number of amides is 1. The Kier molecular flexibility index (Phi) is 5.61. The van der Waals surface area contributed by atoms with E-state index < -0.39 is 0 Å². The largest absolute Gasteiger partial charge is 0.383 e. The molecule has 0 aliphatic carbocycles. The van der Waals surface area contributed by atoms with E-state index in [-0.39, 0.29) is 17.6 Å². The van der Waals surface area contributed by atoms with Gasteiger partial charge in [0, 0.05) is 37.8 Å². The van der Waals surface area contributed by atoms with Gasteiger partial charge in [0.1, 0.15) is 5.82 Å². The molecular formula is C23H25N5O2. The SMILES string of the molecule is Cc1ccc(-n2ncc(C(=O)[C@@H]3CCN(C(=O)CCc4cccnc4)C3)c2N)cc1. The van der Waals surface area contributed by atoms with Gasteiger partial charge in [-0.1, -0.05) is 23.8 Å². The van der Waals surface area contributed by atoms with Gasteiger partial charge in [0.25, 0.3) is 0 Å². The van der Waals surface area contributed by atoms with Crippen molar-refractivity contribution in [3.63, 3.8) is 0 Å². The first-order chi connectivity index (χ1) is 14.5. The van der Waals surface area contributed by atoms with Crippen molar-refractivity contribution in [1.29, 1.82) is 0 Å². The molecule has 0 bridgehead atoms. The van der Waals surface area contributed by atoms with E-state index >= 15 is 0 Å². The number of Topliss-reactive ketones (excluding diaryl/α,β-unsaturated/α-hetero) is 1. The standard InChI is InChI=1S/C23H25N5O2/c1-16-4-7-19(8-5-16)28-23(24)20(14-26-28)22(30)18-10-12-27(15-18)21(29)9-6-17-3-2-11-25-13-17/h2-5,7-8,11,13-14,18H,6,9-10,12,15,24H2,1H3/t18-/m1/s1. The topological polar surface area (TPSA) is 94.1 Å². The summed E-state index contributed by atoms with van der Waals surface area (Å²) in [5, 5.41) is 4.31. The molecule has 2 N–H and O–H groups in total. The lowest BCUT2D eigenvalue weighted by Gasteiger charge is -2.16. The molecule has 1 amide bonds. The minimum atomic E-state index is -0.245. The maximum atomic E-state index is 13.0. The van der Waals surface area contributed by atoms with Gasteiger partial charge in [0.05, 0.1) is 17.4 Å². The van der Waals surface area contributed by atoms with Crippen LogP contribution in [0.5, 0.6) is 0 Å². The lowest BCUT2D eigenvalue weighted by molar-refractivity contribution is -0.130. The molecule has 7 nitrogen and oxygen atoms in total. The van der Waals surface area contributed by atoms with E-state index in [1.165, 1.54) is 6.20 Å². The lowest BCUT2D eigenvalue weighted by Crippen LogP contribution is -2.30. The molecule has 3 heterocycles. The summed E-state index contributed by atoms with van der Waals surface area (Å²) in [5.74, 6) is 0.112. The minimum absolute atomic E-state index is 0.0478. The molecule has 0 unspecified atom stereocenters. The Morgan fingerprint density at radius 3 is 2.70 bits per heavy atom. The van der Waals surface area contributed by atoms with E-state index in [1.54, 1.807) is 22.0 Å². The Hall–Kier alpha value is -3.48. The third kappa shape index (κ3) is 4.10. The van der Waals surface area contributed by atoms with Crippen LogP contribution in [0.25, 0.3) is 5.69 Å². The number of likely N-dealkylation sites (tertiary alicyclic amines) is 1. The van der Waals surface area contributed by atoms with Crippen molar-refractivity contribution < 1.29 is 9.59 Å². The lowest BCUT2D eigenvalue weighted by atomic mass is 9.98. The first-order valence-corrected chi connectivity index (χ1v) is 10.1. The van der Waals surface area contributed by atoms with Crippen LogP contribution in [0.15, 0.2) is 55.0 Å². The molecule has 30 heavy (non-hydrogen) atoms. The summed E-state index contributed by atoms with van der Waals surface area (Å²) in [5.41, 5.74) is 9.65. The Bertz CT molecular complexity index is 1040. The molecule has 1 fully saturated rings. The summed E-state index contributed by atoms with van der Waals surface area (Å²) in [6.45, 7) is 3.03. The minimum Gasteiger partial charge on any atom is -0.383 e. The molecule has 154 valence electrons. The van der Waals surface area contributed by atoms with E-state index in [4.69, 9.17) is 5.73 Å². The Labute approximate surface area is 175 Å². The van der Waals surface area contributed by atoms with Crippen LogP contribution in [0, 0.1) is 12.8 Å². The maximum absolute atomic E-state index is 13.0. The summed E-state index contributed by atoms with van der Waals surface area (Å²) in [6.07, 6.45) is 6.74. The fraction of sp³-hybridized carbons (Fsp3) is 0.304. The Morgan fingerprint density at radius 1 is 1.17 bits per heavy atom. The van der Waals surface area contributed by atoms with Gasteiger partial charge in [0.2, 0.25) is 5.91 Å². The molecule has 4 rings (SSSR count). The molecule has 0 spiro atoms. The number of carbonyl (C=O) groups is 2. The Balaban J connectivity index is 1.39. The van der Waals surface area contributed by atoms with Crippen molar-refractivity contribution in [1.82, 2.24) is 19.7 Å². The monoisotopic (exact) mass is 403 g/mol. The predicted octanol–water partition coefficient (Wildman–Crippen LogP) is 2.82. The highest BCUT2D eigenvalue weighted by molar-refractivity contribution is 6.02. The smallest absolute Gasteiger partial charge is 0.222 e. The van der Waals surface area contributed by atoms with Crippen molar-refractivity contribution in [2.24, 2.45) is 5.92 Å². The summed E-state index contributed by atoms with van der Waals surface area (Å²) in [6, 6.07) is 11.6. The number of benzene rings is 1. The van der Waals surface area contributed by atoms with Crippen molar-refractivity contribution in [3.8, 4) is 5.69 Å². The molecule has 1 aliphatic heterocycles. The van der Waals surface area contributed by atoms with E-state index in [9.17, 15) is 9.59 Å². The van der Waals surface area contributed by atoms with Gasteiger partial charge in [-0.15, -0.1) is 0 Å². The van der Waals surface area contributed by atoms with Crippen LogP contribution in [0.3, 0.4) is 0 Å². The van der Waals surface area contributed by atoms with Crippen molar-refractivity contribution in [2.45, 2.75) is 26.2 Å². The zero-order chi connectivity index (χ0) is 21.1. The molecule has 2 aromatic heterocycles. The predicted molar refractivity (Wildman–Crippen MR) is 114 cm³/mol. The van der Waals surface area contributed by atoms with Gasteiger partial charge in [-0.25, -0.2) is 4.68 Å². The van der Waals surface area contributed by atoms with Crippen molar-refractivity contribution >= 4 is 17.5 Å². The van der Waals surface area contributed by atoms with Crippen LogP contribution < -0.4 is 5.73 Å². The number of anilines is 1. The van der Waals surface area contributed by atoms with Crippen molar-refractivity contribution in [3.05, 3.63) is 71.7 Å². The van der Waals surface area contributed by atoms with E-state index in [2.05, 4.69) is 10.1 Å². The maximum Gasteiger partial charge on any atom is 0.222 e. The number of nitrogens with zero attached hydrogens (tertiary/aromatic N) is 4. The molecule has 1 aliphatic rings. The second-order valence-electron chi connectivity index (χ2n) is 7.74. The van der Waals surface area contributed by atoms with Crippen LogP contribution in [-0.2, 0) is 11.2 Å². The van der Waals surface area contributed by atoms with Gasteiger partial charge in [0.15, 0.2) is 5.78 Å². The molecule has 1 aromatic carbocycles. The molecule has 0 saturated carbocycles. The molecule has 3 aromatic rings. The van der Waals surface area contributed by atoms with Crippen molar-refractivity contribution in [2.75, 3.05) is 18.8 Å². The number of aromatic nitrogens is 3. The number of nitrogens with two attached hydrogens (primary N) is 1. The third-order valence-corrected chi connectivity index (χ3v) is 5.61. The Morgan fingerprint density at radius 2 is 1.97 bits per heavy atom. The van der Waals surface area contributed by atoms with Gasteiger partial charge in [-0.3, -0.25) is 14.6 Å². The summed E-state index contributed by atoms with van der Waals surface area (Å²) >= 11 is 0. The highest BCUT2D eigenvalue weighted by atomic mass is 16.2. The fourth-order valence-corrected chi connectivity index (χ4v) is 3.82. The highest BCUT2D eigenvalue weighted by Gasteiger charge is 2.33. The number of hydrogen-bond donors (Lipinski definition) is 1. The van der Waals surface area contributed by atoms with Gasteiger partial charge >= 0.3 is 0 Å². The van der Waals surface area contributed by atoms with Crippen LogP contribution in [0.1, 0.15) is 34.3 Å². The van der Waals surface area contributed by atoms with E-state index in [0.29, 0.717) is 43.7 Å². The zero-order valence-corrected chi connectivity index (χ0v) is 17.0. The number of hydrogen-bond acceptors (Lipinski definition) is 5. The van der Waals surface area contributed by atoms with Gasteiger partial charge in [-0.2, -0.15) is 5.10 Å². The molecule has 7 heteroatoms. The molecule has 0 radical (unpaired) electrons. The number of ketones is 1. The molecule has 1 saturated heterocycles. The molecule has 1 atom stereocenters. The number of nitrogen functional groups attached to an aromatic ring is 1. The first-order valence-electron chi connectivity index (χ1n) is 10.1. The number of pyridine rings is 1. The van der Waals surface area contributed by atoms with E-state index in [1.807, 2.05) is 43.3 Å². The quantitative estimate of drug-likeness (QED) is 0.639. The first kappa shape index (κ1) is 19.8. The van der Waals surface area contributed by atoms with Crippen LogP contribution >= 0.6 is 0 Å². The average molecular weight is 403 g/mol. The zero-order valence-electron chi connectivity index (χ0n) is 17.0. The average Bonchev–Trinajstić information content (AvgIpc) is 3.40. The summed E-state index contributed by atoms with van der Waals surface area (Å²) in [4.78, 5) is 31.4. The van der Waals surface area contributed by atoms with Gasteiger partial charge in [-0.05, 0) is 43.5 Å². The number of carbonyl (C=O) groups excluding carboxylic acids is 2. The number of aryl methyl sites for hydroxylation is 2. The fourth-order valence-electron chi connectivity index (χ4n) is 3.82. The normalized spacial score (nSPS) is 16.0. The van der Waals surface area contributed by atoms with Crippen LogP contribution in [0.4, 0.5) is 5.82 Å². The van der Waals surface area contributed by atoms with Crippen LogP contribution in [-0.4, -0.2) is 44.4 Å². The van der Waals surface area contributed by atoms with E-state index in [0.717, 1.165) is 16.8 Å².